The number of aryl methyl sites for hydroxylation is 1. The predicted octanol–water partition coefficient (Wildman–Crippen LogP) is 3.97. The minimum Gasteiger partial charge on any atom is -0.481 e. The molecule has 34 heavy (non-hydrogen) atoms. The summed E-state index contributed by atoms with van der Waals surface area (Å²) in [5.41, 5.74) is 1.33. The number of benzene rings is 3. The Balaban J connectivity index is 1.49. The molecule has 178 valence electrons. The smallest absolute Gasteiger partial charge is 0.344 e. The van der Waals surface area contributed by atoms with Gasteiger partial charge in [-0.3, -0.25) is 0 Å². The molecule has 0 amide bonds. The highest BCUT2D eigenvalue weighted by Crippen LogP contribution is 2.25. The number of rotatable bonds is 9. The summed E-state index contributed by atoms with van der Waals surface area (Å²) >= 11 is 0. The van der Waals surface area contributed by atoms with Gasteiger partial charge in [-0.25, -0.2) is 22.5 Å². The van der Waals surface area contributed by atoms with Crippen LogP contribution in [0, 0.1) is 0 Å². The summed E-state index contributed by atoms with van der Waals surface area (Å²) in [4.78, 5) is 17.1. The summed E-state index contributed by atoms with van der Waals surface area (Å²) in [7, 11) is -0.604. The Hall–Kier alpha value is -3.43. The first-order chi connectivity index (χ1) is 16.3. The van der Waals surface area contributed by atoms with Gasteiger partial charge < -0.3 is 14.0 Å². The maximum atomic E-state index is 12.5. The van der Waals surface area contributed by atoms with E-state index in [0.29, 0.717) is 23.6 Å². The first-order valence-corrected chi connectivity index (χ1v) is 12.4. The van der Waals surface area contributed by atoms with Crippen LogP contribution in [-0.4, -0.2) is 48.9 Å². The van der Waals surface area contributed by atoms with Crippen LogP contribution in [0.4, 0.5) is 0 Å². The zero-order chi connectivity index (χ0) is 24.3. The lowest BCUT2D eigenvalue weighted by molar-refractivity contribution is -0.147. The molecule has 0 radical (unpaired) electrons. The Morgan fingerprint density at radius 3 is 2.59 bits per heavy atom. The van der Waals surface area contributed by atoms with E-state index >= 15 is 0 Å². The van der Waals surface area contributed by atoms with Crippen LogP contribution in [0.3, 0.4) is 0 Å². The monoisotopic (exact) mass is 481 g/mol. The van der Waals surface area contributed by atoms with Crippen LogP contribution in [0.2, 0.25) is 0 Å². The number of nitrogens with zero attached hydrogens (tertiary/aromatic N) is 3. The van der Waals surface area contributed by atoms with Crippen molar-refractivity contribution in [2.75, 3.05) is 20.7 Å². The van der Waals surface area contributed by atoms with Gasteiger partial charge in [-0.2, -0.15) is 0 Å². The van der Waals surface area contributed by atoms with Crippen LogP contribution in [0.1, 0.15) is 19.2 Å². The quantitative estimate of drug-likeness (QED) is 0.336. The van der Waals surface area contributed by atoms with Gasteiger partial charge in [0.1, 0.15) is 18.2 Å². The maximum Gasteiger partial charge on any atom is 0.344 e. The summed E-state index contributed by atoms with van der Waals surface area (Å²) in [6.07, 6.45) is 0.842. The molecule has 3 aromatic carbocycles. The fourth-order valence-corrected chi connectivity index (χ4v) is 4.68. The summed E-state index contributed by atoms with van der Waals surface area (Å²) in [6.45, 7) is 2.43. The van der Waals surface area contributed by atoms with Crippen molar-refractivity contribution in [1.82, 2.24) is 13.9 Å². The molecule has 9 heteroatoms. The highest BCUT2D eigenvalue weighted by atomic mass is 32.2. The van der Waals surface area contributed by atoms with Crippen LogP contribution >= 0.6 is 0 Å². The molecule has 0 aliphatic carbocycles. The van der Waals surface area contributed by atoms with E-state index in [0.717, 1.165) is 27.0 Å². The number of fused-ring (bicyclic) bond motifs is 2. The molecule has 8 nitrogen and oxygen atoms in total. The Labute approximate surface area is 198 Å². The predicted molar refractivity (Wildman–Crippen MR) is 130 cm³/mol. The van der Waals surface area contributed by atoms with Gasteiger partial charge in [0.05, 0.1) is 15.9 Å². The lowest BCUT2D eigenvalue weighted by atomic mass is 10.1. The van der Waals surface area contributed by atoms with Crippen molar-refractivity contribution >= 4 is 37.8 Å². The van der Waals surface area contributed by atoms with Gasteiger partial charge in [0.15, 0.2) is 6.61 Å². The van der Waals surface area contributed by atoms with E-state index in [1.807, 2.05) is 54.0 Å². The number of hydrogen-bond donors (Lipinski definition) is 0. The molecule has 0 atom stereocenters. The topological polar surface area (TPSA) is 90.7 Å². The highest BCUT2D eigenvalue weighted by molar-refractivity contribution is 7.89. The Kier molecular flexibility index (Phi) is 6.85. The lowest BCUT2D eigenvalue weighted by Crippen LogP contribution is -2.22. The molecule has 0 unspecified atom stereocenters. The number of esters is 1. The second-order valence-corrected chi connectivity index (χ2v) is 10.2. The Morgan fingerprint density at radius 2 is 1.82 bits per heavy atom. The minimum absolute atomic E-state index is 0.0395. The third-order valence-corrected chi connectivity index (χ3v) is 7.29. The number of sulfonamides is 1. The number of ether oxygens (including phenoxy) is 2. The average Bonchev–Trinajstić information content (AvgIpc) is 3.18. The third-order valence-electron chi connectivity index (χ3n) is 5.48. The first kappa shape index (κ1) is 23.7. The normalized spacial score (nSPS) is 11.9. The molecule has 4 aromatic rings. The molecular formula is C25H27N3O5S. The number of carbonyl (C=O) groups is 1. The van der Waals surface area contributed by atoms with Crippen LogP contribution in [0.25, 0.3) is 21.8 Å². The Morgan fingerprint density at radius 1 is 1.06 bits per heavy atom. The van der Waals surface area contributed by atoms with Crippen LogP contribution in [0.15, 0.2) is 65.6 Å². The van der Waals surface area contributed by atoms with E-state index < -0.39 is 16.0 Å². The summed E-state index contributed by atoms with van der Waals surface area (Å²) in [6, 6.07) is 18.3. The number of carbonyl (C=O) groups excluding carboxylic acids is 1. The highest BCUT2D eigenvalue weighted by Gasteiger charge is 2.20. The molecule has 0 aliphatic heterocycles. The van der Waals surface area contributed by atoms with Crippen LogP contribution in [-0.2, 0) is 32.7 Å². The molecular weight excluding hydrogens is 454 g/mol. The second kappa shape index (κ2) is 9.82. The van der Waals surface area contributed by atoms with Gasteiger partial charge in [0.2, 0.25) is 10.0 Å². The standard InChI is InChI=1S/C25H27N3O5S/c1-4-14-28-22-13-12-19(34(30,31)27(2)3)15-21(22)26-24(28)16-33-25(29)17-32-23-11-7-9-18-8-5-6-10-20(18)23/h5-13,15H,4,14,16-17H2,1-3H3. The fourth-order valence-electron chi connectivity index (χ4n) is 3.76. The molecule has 0 spiro atoms. The largest absolute Gasteiger partial charge is 0.481 e. The number of hydrogen-bond acceptors (Lipinski definition) is 6. The molecule has 0 bridgehead atoms. The number of imidazole rings is 1. The summed E-state index contributed by atoms with van der Waals surface area (Å²) < 4.78 is 39.2. The van der Waals surface area contributed by atoms with E-state index in [2.05, 4.69) is 4.98 Å². The zero-order valence-corrected chi connectivity index (χ0v) is 20.2. The number of aromatic nitrogens is 2. The zero-order valence-electron chi connectivity index (χ0n) is 19.4. The van der Waals surface area contributed by atoms with Crippen molar-refractivity contribution in [1.29, 1.82) is 0 Å². The molecule has 0 saturated carbocycles. The van der Waals surface area contributed by atoms with E-state index in [1.165, 1.54) is 14.1 Å². The molecule has 0 fully saturated rings. The van der Waals surface area contributed by atoms with Gasteiger partial charge in [-0.05, 0) is 36.1 Å². The van der Waals surface area contributed by atoms with Crippen molar-refractivity contribution < 1.29 is 22.7 Å². The van der Waals surface area contributed by atoms with Crippen LogP contribution in [0.5, 0.6) is 5.75 Å². The van der Waals surface area contributed by atoms with E-state index in [-0.39, 0.29) is 18.1 Å². The van der Waals surface area contributed by atoms with Crippen molar-refractivity contribution in [2.24, 2.45) is 0 Å². The van der Waals surface area contributed by atoms with Gasteiger partial charge in [0.25, 0.3) is 0 Å². The van der Waals surface area contributed by atoms with Gasteiger partial charge in [-0.15, -0.1) is 0 Å². The van der Waals surface area contributed by atoms with Gasteiger partial charge in [-0.1, -0.05) is 43.3 Å². The molecule has 1 heterocycles. The van der Waals surface area contributed by atoms with Crippen LogP contribution < -0.4 is 4.74 Å². The SMILES string of the molecule is CCCn1c(COC(=O)COc2cccc3ccccc23)nc2cc(S(=O)(=O)N(C)C)ccc21. The third kappa shape index (κ3) is 4.76. The minimum atomic E-state index is -3.58. The molecule has 0 N–H and O–H groups in total. The van der Waals surface area contributed by atoms with E-state index in [9.17, 15) is 13.2 Å². The summed E-state index contributed by atoms with van der Waals surface area (Å²) in [5, 5.41) is 1.95. The molecule has 0 saturated heterocycles. The molecule has 4 rings (SSSR count). The average molecular weight is 482 g/mol. The summed E-state index contributed by atoms with van der Waals surface area (Å²) in [5.74, 6) is 0.650. The second-order valence-electron chi connectivity index (χ2n) is 8.04. The van der Waals surface area contributed by atoms with E-state index in [4.69, 9.17) is 9.47 Å². The fraction of sp³-hybridized carbons (Fsp3) is 0.280. The van der Waals surface area contributed by atoms with Crippen molar-refractivity contribution in [3.8, 4) is 5.75 Å². The van der Waals surface area contributed by atoms with Gasteiger partial charge in [0, 0.05) is 26.0 Å². The Bertz CT molecular complexity index is 1440. The maximum absolute atomic E-state index is 12.5. The molecule has 0 aliphatic rings. The van der Waals surface area contributed by atoms with Gasteiger partial charge >= 0.3 is 5.97 Å². The molecule has 1 aromatic heterocycles. The lowest BCUT2D eigenvalue weighted by Gasteiger charge is -2.11. The van der Waals surface area contributed by atoms with Crippen molar-refractivity contribution in [3.05, 3.63) is 66.5 Å². The van der Waals surface area contributed by atoms with Crippen molar-refractivity contribution in [3.63, 3.8) is 0 Å². The first-order valence-electron chi connectivity index (χ1n) is 11.0. The van der Waals surface area contributed by atoms with Crippen molar-refractivity contribution in [2.45, 2.75) is 31.4 Å². The van der Waals surface area contributed by atoms with E-state index in [1.54, 1.807) is 18.2 Å².